The second-order valence-electron chi connectivity index (χ2n) is 4.75. The predicted octanol–water partition coefficient (Wildman–Crippen LogP) is 4.75. The lowest BCUT2D eigenvalue weighted by atomic mass is 10.3. The Morgan fingerprint density at radius 2 is 1.79 bits per heavy atom. The highest BCUT2D eigenvalue weighted by atomic mass is 79.9. The molecule has 0 spiro atoms. The van der Waals surface area contributed by atoms with Crippen molar-refractivity contribution in [3.05, 3.63) is 46.9 Å². The lowest BCUT2D eigenvalue weighted by Crippen LogP contribution is -2.29. The Hall–Kier alpha value is -1.68. The van der Waals surface area contributed by atoms with Crippen LogP contribution in [0, 0.1) is 0 Å². The van der Waals surface area contributed by atoms with Gasteiger partial charge in [-0.25, -0.2) is 0 Å². The van der Waals surface area contributed by atoms with Gasteiger partial charge in [0.1, 0.15) is 5.75 Å². The fourth-order valence-electron chi connectivity index (χ4n) is 1.94. The summed E-state index contributed by atoms with van der Waals surface area (Å²) < 4.78 is 18.3. The average molecular weight is 321 g/mol. The molecule has 0 amide bonds. The zero-order valence-electron chi connectivity index (χ0n) is 10.6. The van der Waals surface area contributed by atoms with Crippen LogP contribution in [0.5, 0.6) is 23.0 Å². The van der Waals surface area contributed by atoms with Crippen LogP contribution in [0.2, 0.25) is 0 Å². The number of ether oxygens (including phenoxy) is 3. The van der Waals surface area contributed by atoms with Gasteiger partial charge in [0.2, 0.25) is 11.5 Å². The van der Waals surface area contributed by atoms with Crippen molar-refractivity contribution in [1.82, 2.24) is 0 Å². The molecule has 0 fully saturated rings. The Morgan fingerprint density at radius 3 is 2.53 bits per heavy atom. The lowest BCUT2D eigenvalue weighted by molar-refractivity contribution is -0.0438. The molecule has 3 nitrogen and oxygen atoms in total. The molecule has 0 aliphatic carbocycles. The molecular formula is C15H13BrO3. The van der Waals surface area contributed by atoms with Crippen LogP contribution in [0.3, 0.4) is 0 Å². The molecule has 1 aliphatic rings. The summed E-state index contributed by atoms with van der Waals surface area (Å²) in [6, 6.07) is 13.3. The molecule has 0 N–H and O–H groups in total. The molecule has 0 atom stereocenters. The van der Waals surface area contributed by atoms with Gasteiger partial charge < -0.3 is 14.2 Å². The molecule has 0 saturated carbocycles. The molecular weight excluding hydrogens is 308 g/mol. The van der Waals surface area contributed by atoms with Crippen LogP contribution in [-0.4, -0.2) is 5.79 Å². The minimum Gasteiger partial charge on any atom is -0.453 e. The number of rotatable bonds is 2. The third-order valence-electron chi connectivity index (χ3n) is 2.66. The van der Waals surface area contributed by atoms with Crippen molar-refractivity contribution in [2.24, 2.45) is 0 Å². The summed E-state index contributed by atoms with van der Waals surface area (Å²) in [5, 5.41) is 0. The van der Waals surface area contributed by atoms with Gasteiger partial charge in [0.15, 0.2) is 11.5 Å². The van der Waals surface area contributed by atoms with E-state index in [1.165, 1.54) is 0 Å². The van der Waals surface area contributed by atoms with E-state index in [-0.39, 0.29) is 0 Å². The third kappa shape index (κ3) is 2.54. The Bertz CT molecular complexity index is 608. The number of benzene rings is 2. The quantitative estimate of drug-likeness (QED) is 0.799. The van der Waals surface area contributed by atoms with Gasteiger partial charge in [-0.2, -0.15) is 0 Å². The molecule has 0 aromatic heterocycles. The highest BCUT2D eigenvalue weighted by Crippen LogP contribution is 2.48. The van der Waals surface area contributed by atoms with Crippen molar-refractivity contribution in [2.45, 2.75) is 19.6 Å². The number of para-hydroxylation sites is 1. The first-order chi connectivity index (χ1) is 9.03. The smallest absolute Gasteiger partial charge is 0.246 e. The fourth-order valence-corrected chi connectivity index (χ4v) is 2.36. The van der Waals surface area contributed by atoms with E-state index in [0.717, 1.165) is 10.2 Å². The normalized spacial score (nSPS) is 15.3. The van der Waals surface area contributed by atoms with Gasteiger partial charge in [0.25, 0.3) is 0 Å². The predicted molar refractivity (Wildman–Crippen MR) is 76.0 cm³/mol. The lowest BCUT2D eigenvalue weighted by Gasteiger charge is -2.16. The first-order valence-electron chi connectivity index (χ1n) is 5.98. The number of hydrogen-bond acceptors (Lipinski definition) is 3. The number of fused-ring (bicyclic) bond motifs is 1. The van der Waals surface area contributed by atoms with E-state index in [1.807, 2.05) is 56.3 Å². The zero-order chi connectivity index (χ0) is 13.5. The maximum absolute atomic E-state index is 5.86. The molecule has 19 heavy (non-hydrogen) atoms. The highest BCUT2D eigenvalue weighted by molar-refractivity contribution is 9.10. The van der Waals surface area contributed by atoms with Gasteiger partial charge in [-0.3, -0.25) is 0 Å². The molecule has 1 aliphatic heterocycles. The van der Waals surface area contributed by atoms with Crippen LogP contribution in [0.1, 0.15) is 13.8 Å². The van der Waals surface area contributed by atoms with Crippen LogP contribution < -0.4 is 14.2 Å². The summed E-state index contributed by atoms with van der Waals surface area (Å²) in [6.45, 7) is 3.74. The van der Waals surface area contributed by atoms with Crippen LogP contribution in [-0.2, 0) is 0 Å². The summed E-state index contributed by atoms with van der Waals surface area (Å²) in [5.41, 5.74) is 0. The number of hydrogen-bond donors (Lipinski definition) is 0. The summed E-state index contributed by atoms with van der Waals surface area (Å²) in [5.74, 6) is 2.05. The van der Waals surface area contributed by atoms with Crippen molar-refractivity contribution < 1.29 is 14.2 Å². The van der Waals surface area contributed by atoms with E-state index in [2.05, 4.69) is 15.9 Å². The Morgan fingerprint density at radius 1 is 1.05 bits per heavy atom. The fraction of sp³-hybridized carbons (Fsp3) is 0.200. The summed E-state index contributed by atoms with van der Waals surface area (Å²) in [4.78, 5) is 0. The minimum atomic E-state index is -0.669. The van der Waals surface area contributed by atoms with Crippen molar-refractivity contribution in [1.29, 1.82) is 0 Å². The van der Waals surface area contributed by atoms with E-state index >= 15 is 0 Å². The monoisotopic (exact) mass is 320 g/mol. The van der Waals surface area contributed by atoms with E-state index in [0.29, 0.717) is 17.2 Å². The molecule has 0 saturated heterocycles. The van der Waals surface area contributed by atoms with Crippen LogP contribution >= 0.6 is 15.9 Å². The highest BCUT2D eigenvalue weighted by Gasteiger charge is 2.34. The van der Waals surface area contributed by atoms with Gasteiger partial charge >= 0.3 is 0 Å². The van der Waals surface area contributed by atoms with Crippen molar-refractivity contribution in [3.8, 4) is 23.0 Å². The molecule has 4 heteroatoms. The summed E-state index contributed by atoms with van der Waals surface area (Å²) in [7, 11) is 0. The second kappa shape index (κ2) is 4.46. The topological polar surface area (TPSA) is 27.7 Å². The maximum Gasteiger partial charge on any atom is 0.246 e. The molecule has 1 heterocycles. The van der Waals surface area contributed by atoms with Crippen LogP contribution in [0.25, 0.3) is 0 Å². The van der Waals surface area contributed by atoms with E-state index in [9.17, 15) is 0 Å². The van der Waals surface area contributed by atoms with Crippen molar-refractivity contribution >= 4 is 15.9 Å². The van der Waals surface area contributed by atoms with Gasteiger partial charge in [-0.15, -0.1) is 0 Å². The van der Waals surface area contributed by atoms with Gasteiger partial charge in [0, 0.05) is 18.3 Å². The van der Waals surface area contributed by atoms with Crippen LogP contribution in [0.15, 0.2) is 46.9 Å². The molecule has 2 aromatic carbocycles. The van der Waals surface area contributed by atoms with Crippen molar-refractivity contribution in [3.63, 3.8) is 0 Å². The van der Waals surface area contributed by atoms with E-state index < -0.39 is 5.79 Å². The molecule has 98 valence electrons. The summed E-state index contributed by atoms with van der Waals surface area (Å²) in [6.07, 6.45) is 0. The van der Waals surface area contributed by atoms with E-state index in [1.54, 1.807) is 0 Å². The zero-order valence-corrected chi connectivity index (χ0v) is 12.2. The third-order valence-corrected chi connectivity index (χ3v) is 3.12. The molecule has 3 rings (SSSR count). The first kappa shape index (κ1) is 12.4. The SMILES string of the molecule is CC1(C)Oc2cc(Br)cc(Oc3ccccc3)c2O1. The minimum absolute atomic E-state index is 0.636. The molecule has 0 bridgehead atoms. The maximum atomic E-state index is 5.86. The Balaban J connectivity index is 1.99. The number of halogens is 1. The van der Waals surface area contributed by atoms with E-state index in [4.69, 9.17) is 14.2 Å². The second-order valence-corrected chi connectivity index (χ2v) is 5.67. The van der Waals surface area contributed by atoms with Crippen molar-refractivity contribution in [2.75, 3.05) is 0 Å². The molecule has 2 aromatic rings. The Labute approximate surface area is 120 Å². The van der Waals surface area contributed by atoms with Gasteiger partial charge in [-0.1, -0.05) is 34.1 Å². The molecule has 0 radical (unpaired) electrons. The first-order valence-corrected chi connectivity index (χ1v) is 6.77. The molecule has 0 unspecified atom stereocenters. The standard InChI is InChI=1S/C15H13BrO3/c1-15(2)18-13-9-10(16)8-12(14(13)19-15)17-11-6-4-3-5-7-11/h3-9H,1-2H3. The summed E-state index contributed by atoms with van der Waals surface area (Å²) >= 11 is 3.45. The van der Waals surface area contributed by atoms with Gasteiger partial charge in [0.05, 0.1) is 0 Å². The van der Waals surface area contributed by atoms with Gasteiger partial charge in [-0.05, 0) is 24.3 Å². The van der Waals surface area contributed by atoms with Crippen LogP contribution in [0.4, 0.5) is 0 Å². The Kier molecular flexibility index (Phi) is 2.90. The largest absolute Gasteiger partial charge is 0.453 e. The average Bonchev–Trinajstić information content (AvgIpc) is 2.65.